The molecule has 0 spiro atoms. The number of halogens is 1. The van der Waals surface area contributed by atoms with Gasteiger partial charge in [-0.1, -0.05) is 23.8 Å². The number of fused-ring (bicyclic) bond motifs is 1. The molecule has 3 rings (SSSR count). The number of imidazole rings is 1. The number of carbonyl (C=O) groups is 1. The molecule has 136 valence electrons. The molecule has 1 aromatic carbocycles. The summed E-state index contributed by atoms with van der Waals surface area (Å²) >= 11 is 1.76. The van der Waals surface area contributed by atoms with Gasteiger partial charge in [0.05, 0.1) is 0 Å². The first-order chi connectivity index (χ1) is 12.5. The largest absolute Gasteiger partial charge is 0.340 e. The van der Waals surface area contributed by atoms with Gasteiger partial charge in [0, 0.05) is 24.7 Å². The molecule has 4 nitrogen and oxygen atoms in total. The number of aryl methyl sites for hydroxylation is 2. The average molecular weight is 371 g/mol. The fourth-order valence-corrected chi connectivity index (χ4v) is 3.50. The predicted octanol–water partition coefficient (Wildman–Crippen LogP) is 4.34. The zero-order chi connectivity index (χ0) is 18.7. The Morgan fingerprint density at radius 2 is 1.85 bits per heavy atom. The number of amides is 1. The molecule has 6 heteroatoms. The van der Waals surface area contributed by atoms with Gasteiger partial charge in [0.2, 0.25) is 5.95 Å². The van der Waals surface area contributed by atoms with Crippen LogP contribution in [0.5, 0.6) is 0 Å². The van der Waals surface area contributed by atoms with Gasteiger partial charge in [-0.25, -0.2) is 4.98 Å². The maximum absolute atomic E-state index is 14.5. The van der Waals surface area contributed by atoms with Gasteiger partial charge in [0.25, 0.3) is 5.91 Å². The number of hydrogen-bond donors (Lipinski definition) is 0. The summed E-state index contributed by atoms with van der Waals surface area (Å²) in [4.78, 5) is 19.4. The minimum absolute atomic E-state index is 0.121. The van der Waals surface area contributed by atoms with Crippen molar-refractivity contribution in [3.05, 3.63) is 65.4 Å². The van der Waals surface area contributed by atoms with Crippen LogP contribution in [-0.2, 0) is 0 Å². The van der Waals surface area contributed by atoms with E-state index in [1.165, 1.54) is 19.8 Å². The van der Waals surface area contributed by atoms with Crippen molar-refractivity contribution in [2.45, 2.75) is 25.2 Å². The highest BCUT2D eigenvalue weighted by Gasteiger charge is 2.22. The normalized spacial score (nSPS) is 11.1. The Morgan fingerprint density at radius 3 is 2.58 bits per heavy atom. The maximum atomic E-state index is 14.5. The van der Waals surface area contributed by atoms with E-state index >= 15 is 0 Å². The monoisotopic (exact) mass is 371 g/mol. The molecule has 2 heterocycles. The van der Waals surface area contributed by atoms with Crippen LogP contribution in [0.15, 0.2) is 47.5 Å². The fraction of sp³-hybridized carbons (Fsp3) is 0.300. The van der Waals surface area contributed by atoms with Crippen LogP contribution in [0.1, 0.15) is 28.0 Å². The molecule has 3 aromatic rings. The summed E-state index contributed by atoms with van der Waals surface area (Å²) in [6.45, 7) is 4.50. The van der Waals surface area contributed by atoms with E-state index < -0.39 is 5.95 Å². The van der Waals surface area contributed by atoms with Crippen LogP contribution in [0.3, 0.4) is 0 Å². The molecule has 0 saturated carbocycles. The van der Waals surface area contributed by atoms with Crippen LogP contribution in [0, 0.1) is 19.8 Å². The highest BCUT2D eigenvalue weighted by atomic mass is 32.2. The summed E-state index contributed by atoms with van der Waals surface area (Å²) in [5, 5.41) is 0. The highest BCUT2D eigenvalue weighted by molar-refractivity contribution is 7.99. The Balaban J connectivity index is 1.57. The van der Waals surface area contributed by atoms with Crippen LogP contribution >= 0.6 is 11.8 Å². The van der Waals surface area contributed by atoms with E-state index in [-0.39, 0.29) is 11.6 Å². The van der Waals surface area contributed by atoms with Crippen LogP contribution in [0.25, 0.3) is 5.65 Å². The predicted molar refractivity (Wildman–Crippen MR) is 103 cm³/mol. The second-order valence-corrected chi connectivity index (χ2v) is 7.60. The van der Waals surface area contributed by atoms with Crippen molar-refractivity contribution in [3.63, 3.8) is 0 Å². The van der Waals surface area contributed by atoms with Gasteiger partial charge >= 0.3 is 0 Å². The number of rotatable bonds is 6. The molecule has 0 aliphatic heterocycles. The minimum atomic E-state index is -0.602. The highest BCUT2D eigenvalue weighted by Crippen LogP contribution is 2.19. The molecule has 0 radical (unpaired) electrons. The molecule has 1 amide bonds. The summed E-state index contributed by atoms with van der Waals surface area (Å²) in [6, 6.07) is 11.9. The molecule has 0 aliphatic carbocycles. The molecule has 26 heavy (non-hydrogen) atoms. The number of carbonyl (C=O) groups excluding carboxylic acids is 1. The summed E-state index contributed by atoms with van der Waals surface area (Å²) in [6.07, 6.45) is 2.47. The van der Waals surface area contributed by atoms with E-state index in [0.717, 1.165) is 17.7 Å². The average Bonchev–Trinajstić information content (AvgIpc) is 2.95. The van der Waals surface area contributed by atoms with Gasteiger partial charge in [0.15, 0.2) is 5.69 Å². The molecule has 0 bridgehead atoms. The van der Waals surface area contributed by atoms with Crippen molar-refractivity contribution in [2.75, 3.05) is 19.3 Å². The smallest absolute Gasteiger partial charge is 0.276 e. The molecule has 2 aromatic heterocycles. The molecule has 0 atom stereocenters. The van der Waals surface area contributed by atoms with E-state index in [0.29, 0.717) is 12.2 Å². The van der Waals surface area contributed by atoms with E-state index in [9.17, 15) is 9.18 Å². The van der Waals surface area contributed by atoms with Crippen LogP contribution in [0.2, 0.25) is 0 Å². The van der Waals surface area contributed by atoms with Crippen molar-refractivity contribution in [1.29, 1.82) is 0 Å². The molecule has 0 saturated heterocycles. The van der Waals surface area contributed by atoms with E-state index in [1.807, 2.05) is 13.0 Å². The van der Waals surface area contributed by atoms with Gasteiger partial charge in [-0.3, -0.25) is 9.20 Å². The standard InChI is InChI=1S/C20H22FN3OS/c1-14-5-8-16(9-6-14)26-12-4-11-23(3)20(25)18-19(21)24-13-15(2)7-10-17(24)22-18/h5-10,13H,4,11-12H2,1-3H3. The zero-order valence-corrected chi connectivity index (χ0v) is 16.0. The van der Waals surface area contributed by atoms with Crippen LogP contribution < -0.4 is 0 Å². The Labute approximate surface area is 157 Å². The van der Waals surface area contributed by atoms with Crippen LogP contribution in [0.4, 0.5) is 4.39 Å². The molecule has 0 unspecified atom stereocenters. The lowest BCUT2D eigenvalue weighted by Gasteiger charge is -2.15. The number of pyridine rings is 1. The third kappa shape index (κ3) is 4.07. The van der Waals surface area contributed by atoms with E-state index in [1.54, 1.807) is 31.1 Å². The number of nitrogens with zero attached hydrogens (tertiary/aromatic N) is 3. The Hall–Kier alpha value is -2.34. The lowest BCUT2D eigenvalue weighted by molar-refractivity contribution is 0.0785. The lowest BCUT2D eigenvalue weighted by atomic mass is 10.2. The summed E-state index contributed by atoms with van der Waals surface area (Å²) in [7, 11) is 1.69. The summed E-state index contributed by atoms with van der Waals surface area (Å²) in [5.74, 6) is -0.0909. The van der Waals surface area contributed by atoms with Crippen molar-refractivity contribution < 1.29 is 9.18 Å². The van der Waals surface area contributed by atoms with E-state index in [2.05, 4.69) is 36.2 Å². The van der Waals surface area contributed by atoms with Crippen LogP contribution in [-0.4, -0.2) is 39.5 Å². The SMILES string of the molecule is Cc1ccc(SCCCN(C)C(=O)c2nc3ccc(C)cn3c2F)cc1. The Morgan fingerprint density at radius 1 is 1.15 bits per heavy atom. The van der Waals surface area contributed by atoms with Crippen molar-refractivity contribution >= 4 is 23.3 Å². The molecular weight excluding hydrogens is 349 g/mol. The molecule has 0 aliphatic rings. The van der Waals surface area contributed by atoms with Gasteiger partial charge < -0.3 is 4.90 Å². The summed E-state index contributed by atoms with van der Waals surface area (Å²) in [5.41, 5.74) is 2.47. The second-order valence-electron chi connectivity index (χ2n) is 6.43. The van der Waals surface area contributed by atoms with Gasteiger partial charge in [-0.2, -0.15) is 4.39 Å². The molecule has 0 N–H and O–H groups in total. The Bertz CT molecular complexity index is 921. The number of benzene rings is 1. The van der Waals surface area contributed by atoms with Crippen molar-refractivity contribution in [3.8, 4) is 0 Å². The van der Waals surface area contributed by atoms with Crippen molar-refractivity contribution in [1.82, 2.24) is 14.3 Å². The topological polar surface area (TPSA) is 37.6 Å². The first kappa shape index (κ1) is 18.5. The lowest BCUT2D eigenvalue weighted by Crippen LogP contribution is -2.29. The fourth-order valence-electron chi connectivity index (χ4n) is 2.67. The maximum Gasteiger partial charge on any atom is 0.276 e. The van der Waals surface area contributed by atoms with Gasteiger partial charge in [-0.15, -0.1) is 11.8 Å². The third-order valence-electron chi connectivity index (χ3n) is 4.18. The second kappa shape index (κ2) is 7.91. The number of aromatic nitrogens is 2. The van der Waals surface area contributed by atoms with Crippen molar-refractivity contribution in [2.24, 2.45) is 0 Å². The third-order valence-corrected chi connectivity index (χ3v) is 5.28. The van der Waals surface area contributed by atoms with E-state index in [4.69, 9.17) is 0 Å². The molecule has 0 fully saturated rings. The summed E-state index contributed by atoms with van der Waals surface area (Å²) < 4.78 is 15.8. The van der Waals surface area contributed by atoms with Gasteiger partial charge in [0.1, 0.15) is 5.65 Å². The minimum Gasteiger partial charge on any atom is -0.340 e. The quantitative estimate of drug-likeness (QED) is 0.478. The first-order valence-electron chi connectivity index (χ1n) is 8.55. The van der Waals surface area contributed by atoms with Gasteiger partial charge in [-0.05, 0) is 49.8 Å². The number of hydrogen-bond acceptors (Lipinski definition) is 3. The zero-order valence-electron chi connectivity index (χ0n) is 15.2. The number of thioether (sulfide) groups is 1. The molecular formula is C20H22FN3OS. The first-order valence-corrected chi connectivity index (χ1v) is 9.53. The Kier molecular flexibility index (Phi) is 5.61.